The Balaban J connectivity index is 3.00. The number of methoxy groups -OCH3 is 1. The van der Waals surface area contributed by atoms with Gasteiger partial charge in [0.25, 0.3) is 0 Å². The van der Waals surface area contributed by atoms with E-state index < -0.39 is 5.97 Å². The molecule has 1 aromatic rings. The van der Waals surface area contributed by atoms with E-state index in [0.717, 1.165) is 9.75 Å². The number of carboxylic acids is 1. The van der Waals surface area contributed by atoms with Crippen molar-refractivity contribution in [1.29, 1.82) is 0 Å². The Morgan fingerprint density at radius 3 is 2.92 bits per heavy atom. The highest BCUT2D eigenvalue weighted by atomic mass is 79.9. The van der Waals surface area contributed by atoms with E-state index in [-0.39, 0.29) is 0 Å². The molecule has 1 N–H and O–H groups in total. The number of aromatic carboxylic acids is 1. The molecule has 0 amide bonds. The third-order valence-corrected chi connectivity index (χ3v) is 3.58. The van der Waals surface area contributed by atoms with Gasteiger partial charge in [-0.15, -0.1) is 11.3 Å². The predicted molar refractivity (Wildman–Crippen MR) is 54.6 cm³/mol. The Bertz CT molecular complexity index is 308. The predicted octanol–water partition coefficient (Wildman–Crippen LogP) is 2.49. The number of hydrogen-bond donors (Lipinski definition) is 1. The van der Waals surface area contributed by atoms with Gasteiger partial charge in [0, 0.05) is 22.2 Å². The molecule has 1 rings (SSSR count). The minimum atomic E-state index is -0.893. The maximum Gasteiger partial charge on any atom is 0.336 e. The van der Waals surface area contributed by atoms with Crippen LogP contribution in [0.1, 0.15) is 20.1 Å². The van der Waals surface area contributed by atoms with Gasteiger partial charge in [-0.1, -0.05) is 15.9 Å². The molecule has 0 saturated heterocycles. The summed E-state index contributed by atoms with van der Waals surface area (Å²) in [5.41, 5.74) is 0.348. The first-order valence-electron chi connectivity index (χ1n) is 3.58. The molecular weight excluding hydrogens is 256 g/mol. The average molecular weight is 265 g/mol. The molecule has 5 heteroatoms. The van der Waals surface area contributed by atoms with Gasteiger partial charge in [0.2, 0.25) is 0 Å². The SMILES string of the molecule is COCc1sc(CBr)cc1C(=O)O. The summed E-state index contributed by atoms with van der Waals surface area (Å²) >= 11 is 4.74. The number of carboxylic acid groups (broad SMARTS) is 1. The van der Waals surface area contributed by atoms with Gasteiger partial charge in [0.1, 0.15) is 0 Å². The van der Waals surface area contributed by atoms with E-state index in [4.69, 9.17) is 9.84 Å². The molecule has 72 valence electrons. The molecule has 0 aliphatic carbocycles. The molecule has 0 unspecified atom stereocenters. The Morgan fingerprint density at radius 1 is 1.77 bits per heavy atom. The average Bonchev–Trinajstić information content (AvgIpc) is 2.48. The van der Waals surface area contributed by atoms with Gasteiger partial charge < -0.3 is 9.84 Å². The minimum absolute atomic E-state index is 0.348. The van der Waals surface area contributed by atoms with Crippen molar-refractivity contribution >= 4 is 33.2 Å². The van der Waals surface area contributed by atoms with E-state index in [9.17, 15) is 4.79 Å². The summed E-state index contributed by atoms with van der Waals surface area (Å²) in [5, 5.41) is 9.52. The van der Waals surface area contributed by atoms with E-state index in [1.54, 1.807) is 13.2 Å². The van der Waals surface area contributed by atoms with Gasteiger partial charge in [0.05, 0.1) is 12.2 Å². The van der Waals surface area contributed by atoms with Crippen LogP contribution in [0.25, 0.3) is 0 Å². The second-order valence-electron chi connectivity index (χ2n) is 2.42. The molecule has 1 aromatic heterocycles. The van der Waals surface area contributed by atoms with Crippen LogP contribution in [0.5, 0.6) is 0 Å². The van der Waals surface area contributed by atoms with Crippen LogP contribution in [0, 0.1) is 0 Å². The number of alkyl halides is 1. The number of ether oxygens (including phenoxy) is 1. The Kier molecular flexibility index (Phi) is 3.90. The van der Waals surface area contributed by atoms with Crippen molar-refractivity contribution in [3.8, 4) is 0 Å². The molecule has 0 bridgehead atoms. The third kappa shape index (κ3) is 2.52. The maximum atomic E-state index is 10.8. The maximum absolute atomic E-state index is 10.8. The number of carbonyl (C=O) groups is 1. The van der Waals surface area contributed by atoms with Crippen LogP contribution < -0.4 is 0 Å². The van der Waals surface area contributed by atoms with Crippen LogP contribution in [-0.4, -0.2) is 18.2 Å². The van der Waals surface area contributed by atoms with Crippen LogP contribution in [0.4, 0.5) is 0 Å². The lowest BCUT2D eigenvalue weighted by Gasteiger charge is -1.95. The zero-order chi connectivity index (χ0) is 9.84. The summed E-state index contributed by atoms with van der Waals surface area (Å²) < 4.78 is 4.91. The number of halogens is 1. The molecule has 0 spiro atoms. The summed E-state index contributed by atoms with van der Waals surface area (Å²) in [5.74, 6) is -0.893. The largest absolute Gasteiger partial charge is 0.478 e. The second kappa shape index (κ2) is 4.74. The quantitative estimate of drug-likeness (QED) is 0.851. The van der Waals surface area contributed by atoms with Crippen molar-refractivity contribution in [3.05, 3.63) is 21.4 Å². The normalized spacial score (nSPS) is 10.3. The lowest BCUT2D eigenvalue weighted by Crippen LogP contribution is -1.98. The third-order valence-electron chi connectivity index (χ3n) is 1.50. The van der Waals surface area contributed by atoms with Crippen LogP contribution in [0.15, 0.2) is 6.07 Å². The van der Waals surface area contributed by atoms with Gasteiger partial charge in [0.15, 0.2) is 0 Å². The molecule has 3 nitrogen and oxygen atoms in total. The van der Waals surface area contributed by atoms with Crippen LogP contribution in [-0.2, 0) is 16.7 Å². The molecule has 1 heterocycles. The van der Waals surface area contributed by atoms with Crippen molar-refractivity contribution < 1.29 is 14.6 Å². The van der Waals surface area contributed by atoms with Crippen molar-refractivity contribution in [1.82, 2.24) is 0 Å². The Hall–Kier alpha value is -0.390. The van der Waals surface area contributed by atoms with Gasteiger partial charge in [-0.25, -0.2) is 4.79 Å². The number of rotatable bonds is 4. The zero-order valence-electron chi connectivity index (χ0n) is 7.04. The second-order valence-corrected chi connectivity index (χ2v) is 4.20. The number of thiophene rings is 1. The van der Waals surface area contributed by atoms with E-state index in [0.29, 0.717) is 17.5 Å². The van der Waals surface area contributed by atoms with Crippen molar-refractivity contribution in [2.24, 2.45) is 0 Å². The van der Waals surface area contributed by atoms with Crippen molar-refractivity contribution in [2.45, 2.75) is 11.9 Å². The molecule has 0 aliphatic heterocycles. The number of hydrogen-bond acceptors (Lipinski definition) is 3. The molecule has 13 heavy (non-hydrogen) atoms. The fourth-order valence-electron chi connectivity index (χ4n) is 0.969. The zero-order valence-corrected chi connectivity index (χ0v) is 9.44. The molecule has 0 fully saturated rings. The highest BCUT2D eigenvalue weighted by Crippen LogP contribution is 2.25. The standard InChI is InChI=1S/C8H9BrO3S/c1-12-4-7-6(8(10)11)2-5(3-9)13-7/h2H,3-4H2,1H3,(H,10,11). The molecule has 0 saturated carbocycles. The van der Waals surface area contributed by atoms with Crippen molar-refractivity contribution in [2.75, 3.05) is 7.11 Å². The van der Waals surface area contributed by atoms with Crippen molar-refractivity contribution in [3.63, 3.8) is 0 Å². The Morgan fingerprint density at radius 2 is 2.46 bits per heavy atom. The molecule has 0 atom stereocenters. The first-order chi connectivity index (χ1) is 6.19. The summed E-state index contributed by atoms with van der Waals surface area (Å²) in [6.45, 7) is 0.360. The fourth-order valence-corrected chi connectivity index (χ4v) is 2.46. The van der Waals surface area contributed by atoms with E-state index in [1.807, 2.05) is 0 Å². The lowest BCUT2D eigenvalue weighted by molar-refractivity contribution is 0.0693. The first-order valence-corrected chi connectivity index (χ1v) is 5.52. The molecule has 0 radical (unpaired) electrons. The summed E-state index contributed by atoms with van der Waals surface area (Å²) in [6, 6.07) is 1.68. The van der Waals surface area contributed by atoms with Gasteiger partial charge in [-0.05, 0) is 6.07 Å². The topological polar surface area (TPSA) is 46.5 Å². The molecular formula is C8H9BrO3S. The first kappa shape index (κ1) is 10.7. The molecule has 0 aromatic carbocycles. The van der Waals surface area contributed by atoms with Gasteiger partial charge in [-0.3, -0.25) is 0 Å². The summed E-state index contributed by atoms with van der Waals surface area (Å²) in [7, 11) is 1.55. The van der Waals surface area contributed by atoms with E-state index in [1.165, 1.54) is 11.3 Å². The van der Waals surface area contributed by atoms with Crippen LogP contribution >= 0.6 is 27.3 Å². The van der Waals surface area contributed by atoms with Crippen LogP contribution in [0.2, 0.25) is 0 Å². The monoisotopic (exact) mass is 264 g/mol. The lowest BCUT2D eigenvalue weighted by atomic mass is 10.2. The van der Waals surface area contributed by atoms with E-state index in [2.05, 4.69) is 15.9 Å². The van der Waals surface area contributed by atoms with E-state index >= 15 is 0 Å². The summed E-state index contributed by atoms with van der Waals surface area (Å²) in [4.78, 5) is 12.5. The van der Waals surface area contributed by atoms with Crippen LogP contribution in [0.3, 0.4) is 0 Å². The highest BCUT2D eigenvalue weighted by molar-refractivity contribution is 9.08. The smallest absolute Gasteiger partial charge is 0.336 e. The van der Waals surface area contributed by atoms with Gasteiger partial charge in [-0.2, -0.15) is 0 Å². The molecule has 0 aliphatic rings. The minimum Gasteiger partial charge on any atom is -0.478 e. The fraction of sp³-hybridized carbons (Fsp3) is 0.375. The van der Waals surface area contributed by atoms with Gasteiger partial charge >= 0.3 is 5.97 Å². The highest BCUT2D eigenvalue weighted by Gasteiger charge is 2.13. The Labute approximate surface area is 88.5 Å². The summed E-state index contributed by atoms with van der Waals surface area (Å²) in [6.07, 6.45) is 0.